The van der Waals surface area contributed by atoms with Crippen LogP contribution in [-0.4, -0.2) is 74.3 Å². The van der Waals surface area contributed by atoms with Crippen LogP contribution in [0.3, 0.4) is 0 Å². The highest BCUT2D eigenvalue weighted by molar-refractivity contribution is 5.85. The first-order valence-corrected chi connectivity index (χ1v) is 10.2. The van der Waals surface area contributed by atoms with Gasteiger partial charge in [0.15, 0.2) is 5.76 Å². The molecule has 2 saturated heterocycles. The van der Waals surface area contributed by atoms with Gasteiger partial charge in [-0.15, -0.1) is 5.10 Å². The number of rotatable bonds is 4. The number of nitrogen functional groups attached to an aromatic ring is 1. The molecule has 0 aromatic carbocycles. The number of aromatic nitrogens is 5. The van der Waals surface area contributed by atoms with E-state index in [1.807, 2.05) is 9.80 Å². The second kappa shape index (κ2) is 7.56. The molecule has 0 aliphatic carbocycles. The highest BCUT2D eigenvalue weighted by Gasteiger charge is 2.37. The molecule has 0 spiro atoms. The van der Waals surface area contributed by atoms with Crippen molar-refractivity contribution in [1.82, 2.24) is 29.5 Å². The Hall–Kier alpha value is -3.21. The molecule has 158 valence electrons. The number of likely N-dealkylation sites (tertiary alicyclic amines) is 1. The molecule has 0 radical (unpaired) electrons. The van der Waals surface area contributed by atoms with E-state index in [9.17, 15) is 4.79 Å². The van der Waals surface area contributed by atoms with Gasteiger partial charge in [0, 0.05) is 26.7 Å². The van der Waals surface area contributed by atoms with E-state index in [4.69, 9.17) is 14.9 Å². The fourth-order valence-corrected chi connectivity index (χ4v) is 4.22. The third-order valence-corrected chi connectivity index (χ3v) is 5.84. The Morgan fingerprint density at radius 2 is 2.03 bits per heavy atom. The number of amides is 1. The van der Waals surface area contributed by atoms with Crippen LogP contribution in [0.4, 0.5) is 11.9 Å². The number of nitrogens with zero attached hydrogens (tertiary/aromatic N) is 7. The first-order valence-electron chi connectivity index (χ1n) is 10.2. The topological polar surface area (TPSA) is 128 Å². The molecule has 5 rings (SSSR count). The van der Waals surface area contributed by atoms with E-state index in [1.54, 1.807) is 25.5 Å². The highest BCUT2D eigenvalue weighted by atomic mass is 16.5. The van der Waals surface area contributed by atoms with Crippen LogP contribution in [0.25, 0.3) is 17.4 Å². The van der Waals surface area contributed by atoms with Crippen LogP contribution in [0.15, 0.2) is 22.8 Å². The molecule has 2 aliphatic rings. The second-order valence-electron chi connectivity index (χ2n) is 7.62. The van der Waals surface area contributed by atoms with Crippen molar-refractivity contribution >= 4 is 23.6 Å². The van der Waals surface area contributed by atoms with E-state index in [-0.39, 0.29) is 24.0 Å². The molecule has 2 aliphatic heterocycles. The Morgan fingerprint density at radius 1 is 1.20 bits per heavy atom. The smallest absolute Gasteiger partial charge is 0.259 e. The lowest BCUT2D eigenvalue weighted by Crippen LogP contribution is -2.49. The fourth-order valence-electron chi connectivity index (χ4n) is 4.22. The number of hydrogen-bond acceptors (Lipinski definition) is 9. The molecular formula is C19H24N8O3. The van der Waals surface area contributed by atoms with E-state index in [2.05, 4.69) is 20.1 Å². The number of hydrogen-bond donors (Lipinski definition) is 1. The molecule has 1 atom stereocenters. The number of fused-ring (bicyclic) bond motifs is 1. The van der Waals surface area contributed by atoms with Crippen LogP contribution in [0, 0.1) is 0 Å². The van der Waals surface area contributed by atoms with Crippen LogP contribution >= 0.6 is 0 Å². The maximum atomic E-state index is 13.2. The minimum atomic E-state index is -0.293. The summed E-state index contributed by atoms with van der Waals surface area (Å²) in [5.74, 6) is 1.91. The molecule has 0 unspecified atom stereocenters. The molecule has 0 saturated carbocycles. The number of anilines is 2. The Morgan fingerprint density at radius 3 is 2.77 bits per heavy atom. The van der Waals surface area contributed by atoms with Gasteiger partial charge in [-0.2, -0.15) is 19.5 Å². The van der Waals surface area contributed by atoms with Crippen molar-refractivity contribution in [2.45, 2.75) is 37.8 Å². The molecule has 2 N–H and O–H groups in total. The third kappa shape index (κ3) is 3.24. The first kappa shape index (κ1) is 18.8. The Kier molecular flexibility index (Phi) is 4.74. The summed E-state index contributed by atoms with van der Waals surface area (Å²) in [5, 5.41) is 4.32. The lowest BCUT2D eigenvalue weighted by molar-refractivity contribution is -0.134. The molecule has 0 bridgehead atoms. The Bertz CT molecular complexity index is 1040. The van der Waals surface area contributed by atoms with Gasteiger partial charge in [-0.3, -0.25) is 4.79 Å². The molecular weight excluding hydrogens is 388 g/mol. The van der Waals surface area contributed by atoms with E-state index < -0.39 is 0 Å². The van der Waals surface area contributed by atoms with Gasteiger partial charge in [-0.05, 0) is 37.8 Å². The minimum absolute atomic E-state index is 0.113. The van der Waals surface area contributed by atoms with Gasteiger partial charge in [0.1, 0.15) is 6.04 Å². The summed E-state index contributed by atoms with van der Waals surface area (Å²) in [7, 11) is 1.72. The van der Waals surface area contributed by atoms with E-state index >= 15 is 0 Å². The summed E-state index contributed by atoms with van der Waals surface area (Å²) in [6.45, 7) is 2.11. The van der Waals surface area contributed by atoms with Gasteiger partial charge < -0.3 is 24.7 Å². The van der Waals surface area contributed by atoms with Crippen molar-refractivity contribution in [1.29, 1.82) is 0 Å². The standard InChI is InChI=1S/C19H24N8O3/c1-29-12-6-9-25(10-7-12)16(28)13-4-2-8-26(13)18-22-17(20)27-19(23-18)21-15(24-27)14-5-3-11-30-14/h3,5,11-13H,2,4,6-10H2,1H3,(H2,20,21,22,23,24)/t13-/m0/s1. The van der Waals surface area contributed by atoms with E-state index in [0.29, 0.717) is 42.9 Å². The summed E-state index contributed by atoms with van der Waals surface area (Å²) in [6.07, 6.45) is 5.16. The molecule has 3 aromatic heterocycles. The van der Waals surface area contributed by atoms with Gasteiger partial charge in [-0.25, -0.2) is 0 Å². The van der Waals surface area contributed by atoms with Gasteiger partial charge >= 0.3 is 0 Å². The number of nitrogens with two attached hydrogens (primary N) is 1. The summed E-state index contributed by atoms with van der Waals surface area (Å²) < 4.78 is 12.1. The predicted octanol–water partition coefficient (Wildman–Crippen LogP) is 0.968. The highest BCUT2D eigenvalue weighted by Crippen LogP contribution is 2.27. The van der Waals surface area contributed by atoms with Crippen molar-refractivity contribution in [3.63, 3.8) is 0 Å². The molecule has 11 nitrogen and oxygen atoms in total. The monoisotopic (exact) mass is 412 g/mol. The zero-order chi connectivity index (χ0) is 20.7. The molecule has 2 fully saturated rings. The average molecular weight is 412 g/mol. The lowest BCUT2D eigenvalue weighted by atomic mass is 10.1. The fraction of sp³-hybridized carbons (Fsp3) is 0.526. The summed E-state index contributed by atoms with van der Waals surface area (Å²) in [4.78, 5) is 30.4. The van der Waals surface area contributed by atoms with Gasteiger partial charge in [-0.1, -0.05) is 0 Å². The normalized spacial score (nSPS) is 20.4. The summed E-state index contributed by atoms with van der Waals surface area (Å²) in [5.41, 5.74) is 6.13. The van der Waals surface area contributed by atoms with Gasteiger partial charge in [0.25, 0.3) is 5.78 Å². The maximum absolute atomic E-state index is 13.2. The zero-order valence-corrected chi connectivity index (χ0v) is 16.8. The van der Waals surface area contributed by atoms with Gasteiger partial charge in [0.05, 0.1) is 12.4 Å². The quantitative estimate of drug-likeness (QED) is 0.666. The number of carbonyl (C=O) groups is 1. The van der Waals surface area contributed by atoms with Crippen molar-refractivity contribution < 1.29 is 13.9 Å². The van der Waals surface area contributed by atoms with Crippen LogP contribution in [0.2, 0.25) is 0 Å². The van der Waals surface area contributed by atoms with Crippen molar-refractivity contribution in [3.8, 4) is 11.6 Å². The summed E-state index contributed by atoms with van der Waals surface area (Å²) in [6, 6.07) is 3.23. The van der Waals surface area contributed by atoms with E-state index in [1.165, 1.54) is 4.52 Å². The third-order valence-electron chi connectivity index (χ3n) is 5.84. The van der Waals surface area contributed by atoms with Gasteiger partial charge in [0.2, 0.25) is 23.6 Å². The average Bonchev–Trinajstić information content (AvgIpc) is 3.53. The zero-order valence-electron chi connectivity index (χ0n) is 16.8. The Balaban J connectivity index is 1.40. The number of methoxy groups -OCH3 is 1. The van der Waals surface area contributed by atoms with Crippen LogP contribution in [-0.2, 0) is 9.53 Å². The number of ether oxygens (including phenoxy) is 1. The lowest BCUT2D eigenvalue weighted by Gasteiger charge is -2.35. The van der Waals surface area contributed by atoms with Crippen LogP contribution in [0.1, 0.15) is 25.7 Å². The van der Waals surface area contributed by atoms with Crippen LogP contribution in [0.5, 0.6) is 0 Å². The maximum Gasteiger partial charge on any atom is 0.259 e. The van der Waals surface area contributed by atoms with Crippen molar-refractivity contribution in [2.75, 3.05) is 37.4 Å². The minimum Gasteiger partial charge on any atom is -0.461 e. The number of piperidine rings is 1. The first-order chi connectivity index (χ1) is 14.6. The molecule has 5 heterocycles. The number of carbonyl (C=O) groups excluding carboxylic acids is 1. The molecule has 1 amide bonds. The van der Waals surface area contributed by atoms with Crippen molar-refractivity contribution in [2.24, 2.45) is 0 Å². The molecule has 3 aromatic rings. The van der Waals surface area contributed by atoms with Crippen molar-refractivity contribution in [3.05, 3.63) is 18.4 Å². The molecule has 11 heteroatoms. The predicted molar refractivity (Wildman–Crippen MR) is 108 cm³/mol. The Labute approximate surface area is 172 Å². The van der Waals surface area contributed by atoms with E-state index in [0.717, 1.165) is 25.7 Å². The largest absolute Gasteiger partial charge is 0.461 e. The van der Waals surface area contributed by atoms with Crippen LogP contribution < -0.4 is 10.6 Å². The summed E-state index contributed by atoms with van der Waals surface area (Å²) >= 11 is 0. The second-order valence-corrected chi connectivity index (χ2v) is 7.62. The SMILES string of the molecule is COC1CCN(C(=O)[C@@H]2CCCN2c2nc(N)n3nc(-c4ccco4)nc3n2)CC1. The number of furan rings is 1. The molecule has 30 heavy (non-hydrogen) atoms.